The molecule has 2 saturated heterocycles. The largest absolute Gasteiger partial charge is 0.497 e. The lowest BCUT2D eigenvalue weighted by Crippen LogP contribution is -2.52. The summed E-state index contributed by atoms with van der Waals surface area (Å²) in [5.74, 6) is 0.289. The van der Waals surface area contributed by atoms with E-state index in [4.69, 9.17) is 4.74 Å². The number of ether oxygens (including phenoxy) is 1. The summed E-state index contributed by atoms with van der Waals surface area (Å²) >= 11 is 0. The Morgan fingerprint density at radius 1 is 1.09 bits per heavy atom. The predicted octanol–water partition coefficient (Wildman–Crippen LogP) is 0.101. The Kier molecular flexibility index (Phi) is 4.29. The Morgan fingerprint density at radius 3 is 2.30 bits per heavy atom. The van der Waals surface area contributed by atoms with Gasteiger partial charge in [0.1, 0.15) is 5.75 Å². The van der Waals surface area contributed by atoms with Crippen molar-refractivity contribution in [1.29, 1.82) is 0 Å². The molecule has 0 saturated carbocycles. The molecule has 3 amide bonds. The maximum absolute atomic E-state index is 12.7. The molecule has 7 nitrogen and oxygen atoms in total. The van der Waals surface area contributed by atoms with Gasteiger partial charge in [-0.15, -0.1) is 0 Å². The highest BCUT2D eigenvalue weighted by Crippen LogP contribution is 2.27. The first-order valence-electron chi connectivity index (χ1n) is 7.58. The number of anilines is 1. The molecule has 1 aromatic carbocycles. The zero-order valence-corrected chi connectivity index (χ0v) is 13.0. The third kappa shape index (κ3) is 2.92. The molecule has 2 aliphatic rings. The van der Waals surface area contributed by atoms with Crippen LogP contribution < -0.4 is 9.64 Å². The molecule has 0 bridgehead atoms. The van der Waals surface area contributed by atoms with Crippen molar-refractivity contribution in [3.63, 3.8) is 0 Å². The Labute approximate surface area is 134 Å². The van der Waals surface area contributed by atoms with E-state index < -0.39 is 6.04 Å². The zero-order valence-electron chi connectivity index (χ0n) is 13.0. The normalized spacial score (nSPS) is 22.6. The first kappa shape index (κ1) is 15.5. The molecular weight excluding hydrogens is 298 g/mol. The van der Waals surface area contributed by atoms with E-state index in [-0.39, 0.29) is 18.2 Å². The highest BCUT2D eigenvalue weighted by atomic mass is 16.5. The third-order valence-corrected chi connectivity index (χ3v) is 4.39. The molecule has 7 heteroatoms. The average Bonchev–Trinajstić information content (AvgIpc) is 2.89. The standard InChI is InChI=1S/C16H19N3O4/c1-23-13-4-2-12(3-5-13)19-15(21)10-14(16(19)22)18-8-6-17(11-20)7-9-18/h2-5,11,14H,6-10H2,1H3/t14-/m1/s1. The fourth-order valence-corrected chi connectivity index (χ4v) is 3.06. The van der Waals surface area contributed by atoms with Gasteiger partial charge in [-0.25, -0.2) is 4.90 Å². The second kappa shape index (κ2) is 6.37. The van der Waals surface area contributed by atoms with Gasteiger partial charge in [-0.2, -0.15) is 0 Å². The maximum Gasteiger partial charge on any atom is 0.251 e. The van der Waals surface area contributed by atoms with E-state index in [9.17, 15) is 14.4 Å². The number of nitrogens with zero attached hydrogens (tertiary/aromatic N) is 3. The minimum atomic E-state index is -0.432. The molecule has 0 aromatic heterocycles. The van der Waals surface area contributed by atoms with Crippen LogP contribution in [0.2, 0.25) is 0 Å². The predicted molar refractivity (Wildman–Crippen MR) is 83.1 cm³/mol. The van der Waals surface area contributed by atoms with Gasteiger partial charge >= 0.3 is 0 Å². The van der Waals surface area contributed by atoms with Gasteiger partial charge in [-0.05, 0) is 24.3 Å². The second-order valence-electron chi connectivity index (χ2n) is 5.66. The summed E-state index contributed by atoms with van der Waals surface area (Å²) in [6.45, 7) is 2.39. The van der Waals surface area contributed by atoms with Gasteiger partial charge in [0.05, 0.1) is 25.3 Å². The summed E-state index contributed by atoms with van der Waals surface area (Å²) in [6, 6.07) is 6.44. The number of rotatable bonds is 4. The summed E-state index contributed by atoms with van der Waals surface area (Å²) in [5, 5.41) is 0. The topological polar surface area (TPSA) is 70.2 Å². The van der Waals surface area contributed by atoms with Crippen LogP contribution in [0.4, 0.5) is 5.69 Å². The van der Waals surface area contributed by atoms with E-state index in [2.05, 4.69) is 0 Å². The number of carbonyl (C=O) groups excluding carboxylic acids is 3. The molecule has 0 N–H and O–H groups in total. The van der Waals surface area contributed by atoms with Crippen LogP contribution in [0.1, 0.15) is 6.42 Å². The van der Waals surface area contributed by atoms with Crippen molar-refractivity contribution in [2.75, 3.05) is 38.2 Å². The van der Waals surface area contributed by atoms with Crippen LogP contribution in [0.25, 0.3) is 0 Å². The molecule has 0 aliphatic carbocycles. The molecule has 122 valence electrons. The summed E-state index contributed by atoms with van der Waals surface area (Å²) < 4.78 is 5.09. The van der Waals surface area contributed by atoms with Crippen molar-refractivity contribution >= 4 is 23.9 Å². The molecular formula is C16H19N3O4. The monoisotopic (exact) mass is 317 g/mol. The molecule has 0 unspecified atom stereocenters. The van der Waals surface area contributed by atoms with Gasteiger partial charge in [-0.1, -0.05) is 0 Å². The molecule has 2 fully saturated rings. The Balaban J connectivity index is 1.73. The highest BCUT2D eigenvalue weighted by Gasteiger charge is 2.43. The number of imide groups is 1. The number of benzene rings is 1. The lowest BCUT2D eigenvalue weighted by molar-refractivity contribution is -0.124. The van der Waals surface area contributed by atoms with Crippen LogP contribution in [0.3, 0.4) is 0 Å². The Hall–Kier alpha value is -2.41. The first-order chi connectivity index (χ1) is 11.1. The summed E-state index contributed by atoms with van der Waals surface area (Å²) in [4.78, 5) is 40.6. The van der Waals surface area contributed by atoms with E-state index in [0.717, 1.165) is 6.41 Å². The fourth-order valence-electron chi connectivity index (χ4n) is 3.06. The van der Waals surface area contributed by atoms with Gasteiger partial charge in [0.2, 0.25) is 12.3 Å². The van der Waals surface area contributed by atoms with Gasteiger partial charge in [-0.3, -0.25) is 19.3 Å². The van der Waals surface area contributed by atoms with Crippen LogP contribution in [0.15, 0.2) is 24.3 Å². The zero-order chi connectivity index (χ0) is 16.4. The van der Waals surface area contributed by atoms with Crippen molar-refractivity contribution in [2.24, 2.45) is 0 Å². The molecule has 2 heterocycles. The minimum absolute atomic E-state index is 0.186. The van der Waals surface area contributed by atoms with Crippen LogP contribution in [0, 0.1) is 0 Å². The number of hydrogen-bond acceptors (Lipinski definition) is 5. The van der Waals surface area contributed by atoms with Crippen molar-refractivity contribution in [3.05, 3.63) is 24.3 Å². The van der Waals surface area contributed by atoms with Crippen LogP contribution >= 0.6 is 0 Å². The molecule has 23 heavy (non-hydrogen) atoms. The fraction of sp³-hybridized carbons (Fsp3) is 0.438. The lowest BCUT2D eigenvalue weighted by atomic mass is 10.2. The lowest BCUT2D eigenvalue weighted by Gasteiger charge is -2.35. The molecule has 1 atom stereocenters. The van der Waals surface area contributed by atoms with Gasteiger partial charge < -0.3 is 9.64 Å². The molecule has 2 aliphatic heterocycles. The summed E-state index contributed by atoms with van der Waals surface area (Å²) in [5.41, 5.74) is 0.565. The number of hydrogen-bond donors (Lipinski definition) is 0. The van der Waals surface area contributed by atoms with Crippen LogP contribution in [0.5, 0.6) is 5.75 Å². The quantitative estimate of drug-likeness (QED) is 0.582. The van der Waals surface area contributed by atoms with Crippen LogP contribution in [-0.2, 0) is 14.4 Å². The van der Waals surface area contributed by atoms with E-state index in [1.165, 1.54) is 4.90 Å². The SMILES string of the molecule is COc1ccc(N2C(=O)C[C@@H](N3CCN(C=O)CC3)C2=O)cc1. The van der Waals surface area contributed by atoms with Crippen molar-refractivity contribution in [3.8, 4) is 5.75 Å². The van der Waals surface area contributed by atoms with E-state index >= 15 is 0 Å². The number of methoxy groups -OCH3 is 1. The number of amides is 3. The number of piperazine rings is 1. The average molecular weight is 317 g/mol. The Morgan fingerprint density at radius 2 is 1.74 bits per heavy atom. The van der Waals surface area contributed by atoms with Gasteiger partial charge in [0.25, 0.3) is 5.91 Å². The van der Waals surface area contributed by atoms with Crippen molar-refractivity contribution < 1.29 is 19.1 Å². The van der Waals surface area contributed by atoms with Gasteiger partial charge in [0, 0.05) is 26.2 Å². The van der Waals surface area contributed by atoms with E-state index in [1.807, 2.05) is 4.90 Å². The maximum atomic E-state index is 12.7. The molecule has 0 spiro atoms. The van der Waals surface area contributed by atoms with Gasteiger partial charge in [0.15, 0.2) is 0 Å². The molecule has 3 rings (SSSR count). The Bertz CT molecular complexity index is 608. The minimum Gasteiger partial charge on any atom is -0.497 e. The van der Waals surface area contributed by atoms with Crippen molar-refractivity contribution in [1.82, 2.24) is 9.80 Å². The van der Waals surface area contributed by atoms with Crippen molar-refractivity contribution in [2.45, 2.75) is 12.5 Å². The smallest absolute Gasteiger partial charge is 0.251 e. The molecule has 1 aromatic rings. The first-order valence-corrected chi connectivity index (χ1v) is 7.58. The van der Waals surface area contributed by atoms with Crippen LogP contribution in [-0.4, -0.2) is 67.4 Å². The summed E-state index contributed by atoms with van der Waals surface area (Å²) in [7, 11) is 1.57. The second-order valence-corrected chi connectivity index (χ2v) is 5.66. The summed E-state index contributed by atoms with van der Waals surface area (Å²) in [6.07, 6.45) is 1.01. The third-order valence-electron chi connectivity index (χ3n) is 4.39. The van der Waals surface area contributed by atoms with E-state index in [1.54, 1.807) is 36.3 Å². The highest BCUT2D eigenvalue weighted by molar-refractivity contribution is 6.22. The molecule has 0 radical (unpaired) electrons. The van der Waals surface area contributed by atoms with E-state index in [0.29, 0.717) is 37.6 Å². The number of carbonyl (C=O) groups is 3.